The molecule has 0 spiro atoms. The molecule has 0 aliphatic carbocycles. The van der Waals surface area contributed by atoms with Gasteiger partial charge in [0, 0.05) is 53.9 Å². The molecule has 0 aromatic carbocycles. The van der Waals surface area contributed by atoms with Crippen LogP contribution in [0.2, 0.25) is 0 Å². The van der Waals surface area contributed by atoms with Crippen LogP contribution >= 0.6 is 0 Å². The van der Waals surface area contributed by atoms with Gasteiger partial charge in [0.25, 0.3) is 0 Å². The first-order valence-corrected chi connectivity index (χ1v) is 8.43. The first-order valence-electron chi connectivity index (χ1n) is 8.43. The Hall–Kier alpha value is -2.27. The lowest BCUT2D eigenvalue weighted by molar-refractivity contribution is 0.0696. The molecule has 0 saturated carbocycles. The monoisotopic (exact) mass is 325 g/mol. The molecule has 3 rings (SSSR count). The van der Waals surface area contributed by atoms with Crippen molar-refractivity contribution in [1.29, 1.82) is 0 Å². The lowest BCUT2D eigenvalue weighted by Crippen LogP contribution is -2.39. The largest absolute Gasteiger partial charge is 0.478 e. The fourth-order valence-electron chi connectivity index (χ4n) is 3.25. The van der Waals surface area contributed by atoms with E-state index in [1.165, 1.54) is 25.6 Å². The van der Waals surface area contributed by atoms with Gasteiger partial charge in [-0.2, -0.15) is 0 Å². The van der Waals surface area contributed by atoms with E-state index in [1.807, 2.05) is 12.3 Å². The van der Waals surface area contributed by atoms with Gasteiger partial charge < -0.3 is 10.0 Å². The zero-order chi connectivity index (χ0) is 17.1. The van der Waals surface area contributed by atoms with Gasteiger partial charge in [0.05, 0.1) is 5.56 Å². The van der Waals surface area contributed by atoms with Crippen LogP contribution in [0.3, 0.4) is 0 Å². The molecule has 2 aromatic heterocycles. The number of hydrogen-bond donors (Lipinski definition) is 1. The highest BCUT2D eigenvalue weighted by Gasteiger charge is 2.23. The van der Waals surface area contributed by atoms with Crippen LogP contribution in [0, 0.1) is 0 Å². The quantitative estimate of drug-likeness (QED) is 0.933. The molecule has 0 radical (unpaired) electrons. The molecular weight excluding hydrogens is 302 g/mol. The van der Waals surface area contributed by atoms with E-state index in [1.54, 1.807) is 12.3 Å². The van der Waals surface area contributed by atoms with Gasteiger partial charge in [-0.05, 0) is 45.4 Å². The summed E-state index contributed by atoms with van der Waals surface area (Å²) in [6, 6.07) is 6.28. The van der Waals surface area contributed by atoms with Crippen LogP contribution in [-0.2, 0) is 0 Å². The van der Waals surface area contributed by atoms with Crippen molar-refractivity contribution in [1.82, 2.24) is 14.9 Å². The van der Waals surface area contributed by atoms with Crippen molar-refractivity contribution >= 4 is 5.97 Å². The third-order valence-corrected chi connectivity index (χ3v) is 4.71. The minimum absolute atomic E-state index is 0.191. The summed E-state index contributed by atoms with van der Waals surface area (Å²) >= 11 is 0. The summed E-state index contributed by atoms with van der Waals surface area (Å²) in [5, 5.41) is 9.08. The van der Waals surface area contributed by atoms with Crippen LogP contribution in [0.15, 0.2) is 36.8 Å². The summed E-state index contributed by atoms with van der Waals surface area (Å²) in [6.45, 7) is 6.70. The number of pyridine rings is 2. The second kappa shape index (κ2) is 7.09. The molecule has 0 unspecified atom stereocenters. The Morgan fingerprint density at radius 1 is 1.25 bits per heavy atom. The molecule has 2 aromatic rings. The summed E-state index contributed by atoms with van der Waals surface area (Å²) in [4.78, 5) is 22.2. The number of carboxylic acid groups (broad SMARTS) is 1. The molecule has 5 nitrogen and oxygen atoms in total. The first kappa shape index (κ1) is 16.6. The van der Waals surface area contributed by atoms with Gasteiger partial charge in [-0.1, -0.05) is 6.07 Å². The number of piperidine rings is 1. The standard InChI is InChI=1S/C19H23N3O2/c1-13(2)22-7-3-4-15(12-22)18-6-5-14(11-21-18)16-8-17(19(23)24)10-20-9-16/h5-6,8-11,13,15H,3-4,7,12H2,1-2H3,(H,23,24)/t15-/m1/s1. The van der Waals surface area contributed by atoms with Crippen LogP contribution in [0.4, 0.5) is 0 Å². The molecule has 1 fully saturated rings. The second-order valence-corrected chi connectivity index (χ2v) is 6.67. The molecule has 24 heavy (non-hydrogen) atoms. The Morgan fingerprint density at radius 3 is 2.75 bits per heavy atom. The maximum atomic E-state index is 11.1. The van der Waals surface area contributed by atoms with E-state index in [0.29, 0.717) is 12.0 Å². The molecule has 3 heterocycles. The Morgan fingerprint density at radius 2 is 2.08 bits per heavy atom. The van der Waals surface area contributed by atoms with E-state index in [4.69, 9.17) is 5.11 Å². The lowest BCUT2D eigenvalue weighted by Gasteiger charge is -2.35. The average Bonchev–Trinajstić information content (AvgIpc) is 2.62. The first-order chi connectivity index (χ1) is 11.5. The number of aromatic nitrogens is 2. The maximum absolute atomic E-state index is 11.1. The molecule has 0 bridgehead atoms. The lowest BCUT2D eigenvalue weighted by atomic mass is 9.93. The van der Waals surface area contributed by atoms with E-state index >= 15 is 0 Å². The summed E-state index contributed by atoms with van der Waals surface area (Å²) in [5.41, 5.74) is 2.98. The zero-order valence-corrected chi connectivity index (χ0v) is 14.1. The minimum Gasteiger partial charge on any atom is -0.478 e. The molecule has 1 aliphatic rings. The van der Waals surface area contributed by atoms with Crippen LogP contribution in [0.5, 0.6) is 0 Å². The normalized spacial score (nSPS) is 18.7. The van der Waals surface area contributed by atoms with Crippen LogP contribution in [-0.4, -0.2) is 45.1 Å². The smallest absolute Gasteiger partial charge is 0.337 e. The van der Waals surface area contributed by atoms with Gasteiger partial charge in [0.1, 0.15) is 0 Å². The number of hydrogen-bond acceptors (Lipinski definition) is 4. The number of carboxylic acids is 1. The van der Waals surface area contributed by atoms with Crippen molar-refractivity contribution in [2.45, 2.75) is 38.6 Å². The summed E-state index contributed by atoms with van der Waals surface area (Å²) < 4.78 is 0. The van der Waals surface area contributed by atoms with Gasteiger partial charge >= 0.3 is 5.97 Å². The third-order valence-electron chi connectivity index (χ3n) is 4.71. The fraction of sp³-hybridized carbons (Fsp3) is 0.421. The fourth-order valence-corrected chi connectivity index (χ4v) is 3.25. The third kappa shape index (κ3) is 3.62. The SMILES string of the molecule is CC(C)N1CCC[C@@H](c2ccc(-c3cncc(C(=O)O)c3)cn2)C1. The van der Waals surface area contributed by atoms with Crippen molar-refractivity contribution in [2.75, 3.05) is 13.1 Å². The zero-order valence-electron chi connectivity index (χ0n) is 14.1. The van der Waals surface area contributed by atoms with Crippen molar-refractivity contribution in [3.8, 4) is 11.1 Å². The average molecular weight is 325 g/mol. The van der Waals surface area contributed by atoms with E-state index in [-0.39, 0.29) is 5.56 Å². The Labute approximate surface area is 142 Å². The van der Waals surface area contributed by atoms with Crippen LogP contribution in [0.25, 0.3) is 11.1 Å². The Kier molecular flexibility index (Phi) is 4.90. The van der Waals surface area contributed by atoms with Crippen LogP contribution in [0.1, 0.15) is 48.7 Å². The van der Waals surface area contributed by atoms with Crippen LogP contribution < -0.4 is 0 Å². The summed E-state index contributed by atoms with van der Waals surface area (Å²) in [6.07, 6.45) is 7.23. The number of carbonyl (C=O) groups is 1. The number of rotatable bonds is 4. The van der Waals surface area contributed by atoms with E-state index in [0.717, 1.165) is 23.4 Å². The molecule has 0 amide bonds. The minimum atomic E-state index is -0.968. The van der Waals surface area contributed by atoms with Crippen molar-refractivity contribution in [3.63, 3.8) is 0 Å². The number of likely N-dealkylation sites (tertiary alicyclic amines) is 1. The van der Waals surface area contributed by atoms with Gasteiger partial charge in [-0.3, -0.25) is 9.97 Å². The van der Waals surface area contributed by atoms with Gasteiger partial charge in [-0.15, -0.1) is 0 Å². The molecule has 126 valence electrons. The molecule has 1 N–H and O–H groups in total. The molecule has 1 saturated heterocycles. The highest BCUT2D eigenvalue weighted by Crippen LogP contribution is 2.28. The highest BCUT2D eigenvalue weighted by atomic mass is 16.4. The van der Waals surface area contributed by atoms with Crippen molar-refractivity contribution in [2.24, 2.45) is 0 Å². The molecule has 5 heteroatoms. The topological polar surface area (TPSA) is 66.3 Å². The summed E-state index contributed by atoms with van der Waals surface area (Å²) in [7, 11) is 0. The highest BCUT2D eigenvalue weighted by molar-refractivity contribution is 5.88. The van der Waals surface area contributed by atoms with Gasteiger partial charge in [-0.25, -0.2) is 4.79 Å². The van der Waals surface area contributed by atoms with Gasteiger partial charge in [0.15, 0.2) is 0 Å². The molecule has 1 aliphatic heterocycles. The summed E-state index contributed by atoms with van der Waals surface area (Å²) in [5.74, 6) is -0.497. The predicted octanol–water partition coefficient (Wildman–Crippen LogP) is 3.43. The van der Waals surface area contributed by atoms with Crippen molar-refractivity contribution < 1.29 is 9.90 Å². The van der Waals surface area contributed by atoms with E-state index in [2.05, 4.69) is 34.8 Å². The second-order valence-electron chi connectivity index (χ2n) is 6.67. The number of nitrogens with zero attached hydrogens (tertiary/aromatic N) is 3. The van der Waals surface area contributed by atoms with Crippen molar-refractivity contribution in [3.05, 3.63) is 48.0 Å². The molecule has 1 atom stereocenters. The molecular formula is C19H23N3O2. The predicted molar refractivity (Wildman–Crippen MR) is 93.1 cm³/mol. The number of aromatic carboxylic acids is 1. The van der Waals surface area contributed by atoms with E-state index in [9.17, 15) is 4.79 Å². The Balaban J connectivity index is 1.78. The van der Waals surface area contributed by atoms with Gasteiger partial charge in [0.2, 0.25) is 0 Å². The van der Waals surface area contributed by atoms with E-state index < -0.39 is 5.97 Å². The Bertz CT molecular complexity index is 713. The maximum Gasteiger partial charge on any atom is 0.337 e.